The Labute approximate surface area is 109 Å². The van der Waals surface area contributed by atoms with E-state index in [9.17, 15) is 0 Å². The summed E-state index contributed by atoms with van der Waals surface area (Å²) in [5.74, 6) is 0. The zero-order valence-electron chi connectivity index (χ0n) is 10.1. The Morgan fingerprint density at radius 3 is 2.94 bits per heavy atom. The lowest BCUT2D eigenvalue weighted by molar-refractivity contribution is 0.885. The molecule has 0 spiro atoms. The average molecular weight is 256 g/mol. The lowest BCUT2D eigenvalue weighted by Crippen LogP contribution is -2.01. The van der Waals surface area contributed by atoms with Crippen LogP contribution in [0.5, 0.6) is 0 Å². The fraction of sp³-hybridized carbons (Fsp3) is 0.154. The highest BCUT2D eigenvalue weighted by Gasteiger charge is 2.09. The van der Waals surface area contributed by atoms with Crippen molar-refractivity contribution in [2.75, 3.05) is 0 Å². The van der Waals surface area contributed by atoms with Crippen LogP contribution in [0.4, 0.5) is 0 Å². The summed E-state index contributed by atoms with van der Waals surface area (Å²) in [6.45, 7) is 4.18. The first-order valence-corrected chi connectivity index (χ1v) is 6.07. The number of nitrogens with one attached hydrogen (secondary N) is 1. The summed E-state index contributed by atoms with van der Waals surface area (Å²) in [6.07, 6.45) is 3.36. The largest absolute Gasteiger partial charge is 0.330 e. The maximum atomic E-state index is 5.19. The number of aromatic nitrogens is 4. The predicted molar refractivity (Wildman–Crippen MR) is 73.5 cm³/mol. The van der Waals surface area contributed by atoms with E-state index in [2.05, 4.69) is 35.0 Å². The van der Waals surface area contributed by atoms with Crippen LogP contribution in [-0.4, -0.2) is 19.7 Å². The highest BCUT2D eigenvalue weighted by atomic mass is 32.1. The molecule has 3 aromatic rings. The van der Waals surface area contributed by atoms with Gasteiger partial charge in [-0.05, 0) is 31.0 Å². The molecule has 4 nitrogen and oxygen atoms in total. The summed E-state index contributed by atoms with van der Waals surface area (Å²) in [4.78, 5) is 7.17. The normalized spacial score (nSPS) is 11.0. The van der Waals surface area contributed by atoms with Crippen LogP contribution >= 0.6 is 12.2 Å². The molecule has 0 unspecified atom stereocenters. The van der Waals surface area contributed by atoms with Gasteiger partial charge in [0.2, 0.25) is 0 Å². The molecule has 0 aliphatic carbocycles. The smallest absolute Gasteiger partial charge is 0.145 e. The molecule has 0 atom stereocenters. The van der Waals surface area contributed by atoms with Crippen molar-refractivity contribution < 1.29 is 0 Å². The van der Waals surface area contributed by atoms with E-state index >= 15 is 0 Å². The summed E-state index contributed by atoms with van der Waals surface area (Å²) in [5.41, 5.74) is 4.38. The van der Waals surface area contributed by atoms with E-state index in [0.717, 1.165) is 16.7 Å². The number of benzene rings is 1. The van der Waals surface area contributed by atoms with Crippen molar-refractivity contribution in [3.63, 3.8) is 0 Å². The van der Waals surface area contributed by atoms with Crippen LogP contribution in [0.1, 0.15) is 11.1 Å². The van der Waals surface area contributed by atoms with E-state index < -0.39 is 0 Å². The number of hydrogen-bond donors (Lipinski definition) is 1. The van der Waals surface area contributed by atoms with Gasteiger partial charge in [-0.15, -0.1) is 0 Å². The number of aryl methyl sites for hydroxylation is 1. The van der Waals surface area contributed by atoms with Gasteiger partial charge in [-0.25, -0.2) is 9.67 Å². The molecule has 1 aromatic carbocycles. The monoisotopic (exact) mass is 256 g/mol. The van der Waals surface area contributed by atoms with E-state index in [-0.39, 0.29) is 0 Å². The fourth-order valence-corrected chi connectivity index (χ4v) is 2.22. The molecule has 90 valence electrons. The first-order valence-electron chi connectivity index (χ1n) is 5.66. The first-order chi connectivity index (χ1) is 8.68. The Bertz CT molecular complexity index is 785. The maximum absolute atomic E-state index is 5.19. The van der Waals surface area contributed by atoms with Gasteiger partial charge < -0.3 is 4.98 Å². The van der Waals surface area contributed by atoms with Crippen molar-refractivity contribution in [3.05, 3.63) is 46.5 Å². The van der Waals surface area contributed by atoms with Crippen LogP contribution < -0.4 is 0 Å². The van der Waals surface area contributed by atoms with Gasteiger partial charge in [0.15, 0.2) is 0 Å². The molecular weight excluding hydrogens is 244 g/mol. The van der Waals surface area contributed by atoms with Gasteiger partial charge in [-0.2, -0.15) is 5.10 Å². The van der Waals surface area contributed by atoms with Crippen molar-refractivity contribution in [3.8, 4) is 5.69 Å². The second kappa shape index (κ2) is 4.03. The van der Waals surface area contributed by atoms with Gasteiger partial charge in [-0.1, -0.05) is 24.4 Å². The Balaban J connectivity index is 2.36. The molecule has 0 fully saturated rings. The summed E-state index contributed by atoms with van der Waals surface area (Å²) in [7, 11) is 0. The Morgan fingerprint density at radius 1 is 1.28 bits per heavy atom. The number of H-pyrrole nitrogens is 1. The van der Waals surface area contributed by atoms with E-state index in [0.29, 0.717) is 4.64 Å². The summed E-state index contributed by atoms with van der Waals surface area (Å²) in [6, 6.07) is 6.17. The van der Waals surface area contributed by atoms with Crippen LogP contribution in [0, 0.1) is 18.5 Å². The van der Waals surface area contributed by atoms with E-state index in [1.807, 2.05) is 16.8 Å². The highest BCUT2D eigenvalue weighted by Crippen LogP contribution is 2.21. The molecule has 0 saturated carbocycles. The highest BCUT2D eigenvalue weighted by molar-refractivity contribution is 7.71. The van der Waals surface area contributed by atoms with Crippen molar-refractivity contribution >= 4 is 23.3 Å². The minimum atomic E-state index is 0.570. The third kappa shape index (κ3) is 1.55. The second-order valence-electron chi connectivity index (χ2n) is 4.25. The van der Waals surface area contributed by atoms with Gasteiger partial charge in [0.25, 0.3) is 0 Å². The SMILES string of the molecule is Cc1cccc(-n2ncc3c(=S)nc[nH]c32)c1C. The average Bonchev–Trinajstić information content (AvgIpc) is 2.78. The standard InChI is InChI=1S/C13H12N4S/c1-8-4-3-5-11(9(8)2)17-12-10(6-16-17)13(18)15-7-14-12/h3-7H,1-2H3,(H,14,15,18). The molecule has 0 aliphatic heterocycles. The van der Waals surface area contributed by atoms with Gasteiger partial charge in [0, 0.05) is 0 Å². The molecule has 0 amide bonds. The third-order valence-electron chi connectivity index (χ3n) is 3.19. The van der Waals surface area contributed by atoms with E-state index in [1.165, 1.54) is 11.1 Å². The van der Waals surface area contributed by atoms with E-state index in [1.54, 1.807) is 12.5 Å². The summed E-state index contributed by atoms with van der Waals surface area (Å²) < 4.78 is 2.44. The number of hydrogen-bond acceptors (Lipinski definition) is 3. The van der Waals surface area contributed by atoms with Crippen LogP contribution in [0.2, 0.25) is 0 Å². The maximum Gasteiger partial charge on any atom is 0.145 e. The molecule has 0 bridgehead atoms. The second-order valence-corrected chi connectivity index (χ2v) is 4.63. The Morgan fingerprint density at radius 2 is 2.11 bits per heavy atom. The Kier molecular flexibility index (Phi) is 2.48. The quantitative estimate of drug-likeness (QED) is 0.680. The van der Waals surface area contributed by atoms with Gasteiger partial charge in [-0.3, -0.25) is 0 Å². The fourth-order valence-electron chi connectivity index (χ4n) is 2.01. The molecule has 0 radical (unpaired) electrons. The molecule has 0 saturated heterocycles. The first kappa shape index (κ1) is 11.1. The Hall–Kier alpha value is -2.01. The van der Waals surface area contributed by atoms with Crippen molar-refractivity contribution in [2.45, 2.75) is 13.8 Å². The minimum absolute atomic E-state index is 0.570. The van der Waals surface area contributed by atoms with Crippen molar-refractivity contribution in [1.29, 1.82) is 0 Å². The zero-order chi connectivity index (χ0) is 12.7. The van der Waals surface area contributed by atoms with E-state index in [4.69, 9.17) is 12.2 Å². The molecule has 5 heteroatoms. The molecule has 3 rings (SSSR count). The molecule has 2 aromatic heterocycles. The zero-order valence-corrected chi connectivity index (χ0v) is 11.0. The lowest BCUT2D eigenvalue weighted by atomic mass is 10.1. The number of fused-ring (bicyclic) bond motifs is 1. The van der Waals surface area contributed by atoms with Crippen molar-refractivity contribution in [1.82, 2.24) is 19.7 Å². The van der Waals surface area contributed by atoms with Crippen LogP contribution in [0.25, 0.3) is 16.7 Å². The van der Waals surface area contributed by atoms with Gasteiger partial charge in [0.1, 0.15) is 10.3 Å². The van der Waals surface area contributed by atoms with Crippen LogP contribution in [-0.2, 0) is 0 Å². The topological polar surface area (TPSA) is 46.5 Å². The lowest BCUT2D eigenvalue weighted by Gasteiger charge is -2.09. The van der Waals surface area contributed by atoms with Gasteiger partial charge >= 0.3 is 0 Å². The molecular formula is C13H12N4S. The number of rotatable bonds is 1. The summed E-state index contributed by atoms with van der Waals surface area (Å²) in [5, 5.41) is 5.28. The number of aromatic amines is 1. The number of nitrogens with zero attached hydrogens (tertiary/aromatic N) is 3. The molecule has 2 heterocycles. The molecule has 1 N–H and O–H groups in total. The van der Waals surface area contributed by atoms with Crippen molar-refractivity contribution in [2.24, 2.45) is 0 Å². The molecule has 0 aliphatic rings. The minimum Gasteiger partial charge on any atom is -0.330 e. The van der Waals surface area contributed by atoms with Crippen LogP contribution in [0.3, 0.4) is 0 Å². The third-order valence-corrected chi connectivity index (χ3v) is 3.51. The summed E-state index contributed by atoms with van der Waals surface area (Å²) >= 11 is 5.19. The van der Waals surface area contributed by atoms with Crippen LogP contribution in [0.15, 0.2) is 30.7 Å². The van der Waals surface area contributed by atoms with Gasteiger partial charge in [0.05, 0.1) is 23.6 Å². The molecule has 18 heavy (non-hydrogen) atoms. The predicted octanol–water partition coefficient (Wildman–Crippen LogP) is 3.09.